The SMILES string of the molecule is C=CC1(COC(=O)C(=C)C)OCC2C(=O)N(CCCOC(=O)C(=C)C)C(=O)C21. The van der Waals surface area contributed by atoms with Gasteiger partial charge in [0.15, 0.2) is 0 Å². The third kappa shape index (κ3) is 4.06. The average molecular weight is 391 g/mol. The zero-order valence-corrected chi connectivity index (χ0v) is 16.2. The van der Waals surface area contributed by atoms with E-state index in [4.69, 9.17) is 14.2 Å². The summed E-state index contributed by atoms with van der Waals surface area (Å²) in [5.41, 5.74) is -0.766. The highest BCUT2D eigenvalue weighted by molar-refractivity contribution is 6.06. The molecule has 0 radical (unpaired) electrons. The Kier molecular flexibility index (Phi) is 6.56. The molecule has 2 saturated heterocycles. The second-order valence-electron chi connectivity index (χ2n) is 7.01. The molecule has 0 aromatic carbocycles. The Morgan fingerprint density at radius 2 is 1.79 bits per heavy atom. The smallest absolute Gasteiger partial charge is 0.333 e. The van der Waals surface area contributed by atoms with Crippen molar-refractivity contribution >= 4 is 23.8 Å². The van der Waals surface area contributed by atoms with Crippen LogP contribution in [0.15, 0.2) is 37.0 Å². The van der Waals surface area contributed by atoms with Crippen LogP contribution in [0.3, 0.4) is 0 Å². The van der Waals surface area contributed by atoms with Gasteiger partial charge in [-0.2, -0.15) is 0 Å². The summed E-state index contributed by atoms with van der Waals surface area (Å²) in [6.07, 6.45) is 1.72. The van der Waals surface area contributed by atoms with E-state index >= 15 is 0 Å². The van der Waals surface area contributed by atoms with Crippen molar-refractivity contribution < 1.29 is 33.4 Å². The molecule has 152 valence electrons. The van der Waals surface area contributed by atoms with Crippen molar-refractivity contribution in [1.29, 1.82) is 0 Å². The Morgan fingerprint density at radius 1 is 1.18 bits per heavy atom. The lowest BCUT2D eigenvalue weighted by Crippen LogP contribution is -2.45. The quantitative estimate of drug-likeness (QED) is 0.191. The molecule has 2 aliphatic heterocycles. The number of nitrogens with zero attached hydrogens (tertiary/aromatic N) is 1. The maximum atomic E-state index is 12.9. The number of hydrogen-bond donors (Lipinski definition) is 0. The van der Waals surface area contributed by atoms with E-state index in [9.17, 15) is 19.2 Å². The van der Waals surface area contributed by atoms with Gasteiger partial charge in [0.05, 0.1) is 25.0 Å². The van der Waals surface area contributed by atoms with Crippen LogP contribution in [0.25, 0.3) is 0 Å². The molecular formula is C20H25NO7. The number of likely N-dealkylation sites (tertiary alicyclic amines) is 1. The molecule has 0 bridgehead atoms. The van der Waals surface area contributed by atoms with Gasteiger partial charge in [-0.3, -0.25) is 14.5 Å². The van der Waals surface area contributed by atoms with Crippen LogP contribution in [-0.2, 0) is 33.4 Å². The molecule has 28 heavy (non-hydrogen) atoms. The first-order chi connectivity index (χ1) is 13.1. The number of carbonyl (C=O) groups excluding carboxylic acids is 4. The van der Waals surface area contributed by atoms with E-state index < -0.39 is 35.3 Å². The van der Waals surface area contributed by atoms with Crippen molar-refractivity contribution in [2.45, 2.75) is 25.9 Å². The molecule has 3 atom stereocenters. The molecule has 0 aromatic heterocycles. The highest BCUT2D eigenvalue weighted by Gasteiger charge is 2.62. The van der Waals surface area contributed by atoms with Crippen LogP contribution in [0.5, 0.6) is 0 Å². The number of imide groups is 1. The normalized spacial score (nSPS) is 26.0. The fourth-order valence-corrected chi connectivity index (χ4v) is 3.25. The van der Waals surface area contributed by atoms with E-state index in [1.165, 1.54) is 19.9 Å². The second-order valence-corrected chi connectivity index (χ2v) is 7.01. The molecular weight excluding hydrogens is 366 g/mol. The van der Waals surface area contributed by atoms with Crippen molar-refractivity contribution in [3.63, 3.8) is 0 Å². The topological polar surface area (TPSA) is 99.2 Å². The number of rotatable bonds is 9. The van der Waals surface area contributed by atoms with E-state index in [-0.39, 0.29) is 43.4 Å². The maximum absolute atomic E-state index is 12.9. The summed E-state index contributed by atoms with van der Waals surface area (Å²) in [6, 6.07) is 0. The van der Waals surface area contributed by atoms with Crippen molar-refractivity contribution in [2.75, 3.05) is 26.4 Å². The molecule has 8 heteroatoms. The fourth-order valence-electron chi connectivity index (χ4n) is 3.25. The number of fused-ring (bicyclic) bond motifs is 1. The van der Waals surface area contributed by atoms with Gasteiger partial charge < -0.3 is 14.2 Å². The number of esters is 2. The van der Waals surface area contributed by atoms with Crippen molar-refractivity contribution in [2.24, 2.45) is 11.8 Å². The Labute approximate surface area is 163 Å². The van der Waals surface area contributed by atoms with Gasteiger partial charge in [0.25, 0.3) is 0 Å². The number of ether oxygens (including phenoxy) is 3. The minimum atomic E-state index is -1.26. The van der Waals surface area contributed by atoms with Crippen LogP contribution in [0.4, 0.5) is 0 Å². The Hall–Kier alpha value is -2.74. The molecule has 2 aliphatic rings. The molecule has 0 saturated carbocycles. The standard InChI is InChI=1S/C20H25NO7/c1-6-20(11-27-19(25)13(4)5)15-14(10-28-20)16(22)21(17(15)23)8-7-9-26-18(24)12(2)3/h6,14-15H,1-2,4,7-11H2,3,5H3. The monoisotopic (exact) mass is 391 g/mol. The van der Waals surface area contributed by atoms with Crippen molar-refractivity contribution in [1.82, 2.24) is 4.90 Å². The number of hydrogen-bond acceptors (Lipinski definition) is 7. The highest BCUT2D eigenvalue weighted by atomic mass is 16.6. The van der Waals surface area contributed by atoms with Gasteiger partial charge in [0, 0.05) is 17.7 Å². The lowest BCUT2D eigenvalue weighted by molar-refractivity contribution is -0.153. The second kappa shape index (κ2) is 8.52. The molecule has 3 unspecified atom stereocenters. The van der Waals surface area contributed by atoms with E-state index in [0.29, 0.717) is 6.42 Å². The third-order valence-electron chi connectivity index (χ3n) is 4.81. The van der Waals surface area contributed by atoms with Crippen LogP contribution in [0, 0.1) is 11.8 Å². The molecule has 0 aromatic rings. The lowest BCUT2D eigenvalue weighted by Gasteiger charge is -2.29. The first-order valence-electron chi connectivity index (χ1n) is 8.92. The Morgan fingerprint density at radius 3 is 2.36 bits per heavy atom. The summed E-state index contributed by atoms with van der Waals surface area (Å²) >= 11 is 0. The van der Waals surface area contributed by atoms with Crippen LogP contribution in [0.2, 0.25) is 0 Å². The van der Waals surface area contributed by atoms with Crippen molar-refractivity contribution in [3.8, 4) is 0 Å². The first-order valence-corrected chi connectivity index (χ1v) is 8.92. The molecule has 2 rings (SSSR count). The molecule has 0 aliphatic carbocycles. The number of carbonyl (C=O) groups is 4. The first kappa shape index (κ1) is 21.6. The zero-order chi connectivity index (χ0) is 21.1. The lowest BCUT2D eigenvalue weighted by atomic mass is 9.83. The minimum absolute atomic E-state index is 0.0347. The van der Waals surface area contributed by atoms with Gasteiger partial charge in [0.1, 0.15) is 12.2 Å². The predicted molar refractivity (Wildman–Crippen MR) is 98.7 cm³/mol. The van der Waals surface area contributed by atoms with Crippen LogP contribution in [0.1, 0.15) is 20.3 Å². The molecule has 2 heterocycles. The van der Waals surface area contributed by atoms with E-state index in [0.717, 1.165) is 4.90 Å². The van der Waals surface area contributed by atoms with E-state index in [1.54, 1.807) is 0 Å². The molecule has 2 fully saturated rings. The highest BCUT2D eigenvalue weighted by Crippen LogP contribution is 2.44. The summed E-state index contributed by atoms with van der Waals surface area (Å²) in [5, 5.41) is 0. The molecule has 0 spiro atoms. The predicted octanol–water partition coefficient (Wildman–Crippen LogP) is 1.17. The van der Waals surface area contributed by atoms with Gasteiger partial charge in [0.2, 0.25) is 11.8 Å². The largest absolute Gasteiger partial charge is 0.462 e. The van der Waals surface area contributed by atoms with Gasteiger partial charge in [-0.15, -0.1) is 6.58 Å². The molecule has 0 N–H and O–H groups in total. The third-order valence-corrected chi connectivity index (χ3v) is 4.81. The summed E-state index contributed by atoms with van der Waals surface area (Å²) in [5.74, 6) is -3.36. The summed E-state index contributed by atoms with van der Waals surface area (Å²) in [7, 11) is 0. The minimum Gasteiger partial charge on any atom is -0.462 e. The van der Waals surface area contributed by atoms with Gasteiger partial charge >= 0.3 is 11.9 Å². The van der Waals surface area contributed by atoms with Crippen LogP contribution < -0.4 is 0 Å². The molecule has 2 amide bonds. The summed E-state index contributed by atoms with van der Waals surface area (Å²) in [4.78, 5) is 49.8. The molecule has 8 nitrogen and oxygen atoms in total. The zero-order valence-electron chi connectivity index (χ0n) is 16.2. The van der Waals surface area contributed by atoms with E-state index in [2.05, 4.69) is 19.7 Å². The summed E-state index contributed by atoms with van der Waals surface area (Å²) < 4.78 is 15.8. The van der Waals surface area contributed by atoms with Crippen molar-refractivity contribution in [3.05, 3.63) is 37.0 Å². The fraction of sp³-hybridized carbons (Fsp3) is 0.500. The van der Waals surface area contributed by atoms with Crippen LogP contribution >= 0.6 is 0 Å². The van der Waals surface area contributed by atoms with Gasteiger partial charge in [-0.1, -0.05) is 19.2 Å². The van der Waals surface area contributed by atoms with Crippen LogP contribution in [-0.4, -0.2) is 60.6 Å². The van der Waals surface area contributed by atoms with E-state index in [1.807, 2.05) is 0 Å². The Balaban J connectivity index is 2.03. The van der Waals surface area contributed by atoms with Gasteiger partial charge in [-0.05, 0) is 20.3 Å². The average Bonchev–Trinajstić information content (AvgIpc) is 3.14. The van der Waals surface area contributed by atoms with Gasteiger partial charge in [-0.25, -0.2) is 9.59 Å². The Bertz CT molecular complexity index is 741. The summed E-state index contributed by atoms with van der Waals surface area (Å²) in [6.45, 7) is 13.7. The number of amides is 2. The maximum Gasteiger partial charge on any atom is 0.333 e.